The number of rotatable bonds is 6. The molecule has 0 aliphatic rings. The van der Waals surface area contributed by atoms with Gasteiger partial charge in [0.25, 0.3) is 5.60 Å². The Morgan fingerprint density at radius 3 is 1.75 bits per heavy atom. The van der Waals surface area contributed by atoms with Crippen molar-refractivity contribution in [3.63, 3.8) is 0 Å². The fourth-order valence-electron chi connectivity index (χ4n) is 3.74. The topological polar surface area (TPSA) is 86.3 Å². The van der Waals surface area contributed by atoms with Gasteiger partial charge < -0.3 is 14.6 Å². The van der Waals surface area contributed by atoms with Crippen LogP contribution in [0, 0.1) is 22.7 Å². The SMILES string of the molecule is COCOC(C#N)(C#N)[C@@H](c1ccc(Br)cc1)c1cc(C(C)(C)C)c(O)c(C(C)(C)C)c1. The molecule has 170 valence electrons. The molecule has 2 rings (SSSR count). The maximum atomic E-state index is 11.1. The van der Waals surface area contributed by atoms with Crippen molar-refractivity contribution in [2.24, 2.45) is 0 Å². The summed E-state index contributed by atoms with van der Waals surface area (Å²) in [6.07, 6.45) is 0. The molecule has 0 bridgehead atoms. The second kappa shape index (κ2) is 9.63. The van der Waals surface area contributed by atoms with Crippen molar-refractivity contribution < 1.29 is 14.6 Å². The van der Waals surface area contributed by atoms with Crippen molar-refractivity contribution in [3.05, 3.63) is 63.1 Å². The van der Waals surface area contributed by atoms with Gasteiger partial charge >= 0.3 is 0 Å². The van der Waals surface area contributed by atoms with E-state index in [9.17, 15) is 15.6 Å². The lowest BCUT2D eigenvalue weighted by Crippen LogP contribution is -2.38. The number of methoxy groups -OCH3 is 1. The number of halogens is 1. The maximum absolute atomic E-state index is 11.1. The van der Waals surface area contributed by atoms with Gasteiger partial charge in [0, 0.05) is 11.6 Å². The number of ether oxygens (including phenoxy) is 2. The molecule has 32 heavy (non-hydrogen) atoms. The number of nitriles is 2. The van der Waals surface area contributed by atoms with Gasteiger partial charge in [-0.1, -0.05) is 81.7 Å². The van der Waals surface area contributed by atoms with Crippen molar-refractivity contribution in [3.8, 4) is 17.9 Å². The Hall–Kier alpha value is -2.38. The van der Waals surface area contributed by atoms with E-state index in [1.54, 1.807) is 0 Å². The van der Waals surface area contributed by atoms with Crippen molar-refractivity contribution in [2.45, 2.75) is 63.9 Å². The number of nitrogens with zero attached hydrogens (tertiary/aromatic N) is 2. The number of benzene rings is 2. The van der Waals surface area contributed by atoms with Crippen LogP contribution in [0.5, 0.6) is 5.75 Å². The molecular formula is C26H31BrN2O3. The summed E-state index contributed by atoms with van der Waals surface area (Å²) in [6, 6.07) is 15.5. The fraction of sp³-hybridized carbons (Fsp3) is 0.462. The lowest BCUT2D eigenvalue weighted by Gasteiger charge is -2.33. The van der Waals surface area contributed by atoms with Gasteiger partial charge in [0.2, 0.25) is 0 Å². The van der Waals surface area contributed by atoms with Crippen molar-refractivity contribution in [1.82, 2.24) is 0 Å². The van der Waals surface area contributed by atoms with E-state index in [0.29, 0.717) is 0 Å². The van der Waals surface area contributed by atoms with Gasteiger partial charge in [-0.05, 0) is 45.2 Å². The molecule has 0 amide bonds. The summed E-state index contributed by atoms with van der Waals surface area (Å²) >= 11 is 3.45. The van der Waals surface area contributed by atoms with Gasteiger partial charge in [0.1, 0.15) is 24.7 Å². The lowest BCUT2D eigenvalue weighted by molar-refractivity contribution is -0.0863. The molecule has 0 saturated heterocycles. The summed E-state index contributed by atoms with van der Waals surface area (Å²) < 4.78 is 11.7. The first-order chi connectivity index (χ1) is 14.8. The molecule has 6 heteroatoms. The van der Waals surface area contributed by atoms with E-state index in [1.165, 1.54) is 7.11 Å². The molecule has 0 unspecified atom stereocenters. The second-order valence-corrected chi connectivity index (χ2v) is 10.9. The molecular weight excluding hydrogens is 468 g/mol. The smallest absolute Gasteiger partial charge is 0.254 e. The standard InChI is InChI=1S/C26H31BrN2O3/c1-24(2,3)20-12-18(13-21(23(20)30)25(4,5)6)22(17-8-10-19(27)11-9-17)26(14-28,15-29)32-16-31-7/h8-13,22,30H,16H2,1-7H3/t22-/m0/s1. The van der Waals surface area contributed by atoms with Gasteiger partial charge in [0.15, 0.2) is 0 Å². The third kappa shape index (κ3) is 5.33. The van der Waals surface area contributed by atoms with E-state index in [4.69, 9.17) is 9.47 Å². The van der Waals surface area contributed by atoms with Crippen LogP contribution in [0.3, 0.4) is 0 Å². The summed E-state index contributed by atoms with van der Waals surface area (Å²) in [4.78, 5) is 0. The number of hydrogen-bond donors (Lipinski definition) is 1. The van der Waals surface area contributed by atoms with Gasteiger partial charge in [-0.25, -0.2) is 0 Å². The molecule has 0 saturated carbocycles. The van der Waals surface area contributed by atoms with Crippen LogP contribution in [0.25, 0.3) is 0 Å². The van der Waals surface area contributed by atoms with Crippen LogP contribution in [-0.2, 0) is 20.3 Å². The van der Waals surface area contributed by atoms with Crippen molar-refractivity contribution in [1.29, 1.82) is 10.5 Å². The third-order valence-electron chi connectivity index (χ3n) is 5.43. The van der Waals surface area contributed by atoms with Crippen molar-refractivity contribution in [2.75, 3.05) is 13.9 Å². The van der Waals surface area contributed by atoms with E-state index < -0.39 is 11.5 Å². The van der Waals surface area contributed by atoms with E-state index in [2.05, 4.69) is 28.1 Å². The number of hydrogen-bond acceptors (Lipinski definition) is 5. The molecule has 1 N–H and O–H groups in total. The number of phenolic OH excluding ortho intramolecular Hbond substituents is 1. The van der Waals surface area contributed by atoms with Crippen LogP contribution in [0.1, 0.15) is 69.7 Å². The van der Waals surface area contributed by atoms with Gasteiger partial charge in [0.05, 0.1) is 5.92 Å². The molecule has 0 heterocycles. The van der Waals surface area contributed by atoms with E-state index in [1.807, 2.05) is 77.9 Å². The summed E-state index contributed by atoms with van der Waals surface area (Å²) in [5.41, 5.74) is 0.416. The van der Waals surface area contributed by atoms with E-state index in [-0.39, 0.29) is 23.4 Å². The highest BCUT2D eigenvalue weighted by Crippen LogP contribution is 2.45. The molecule has 0 aliphatic heterocycles. The number of aromatic hydroxyl groups is 1. The van der Waals surface area contributed by atoms with Crippen LogP contribution in [0.4, 0.5) is 0 Å². The van der Waals surface area contributed by atoms with Crippen LogP contribution < -0.4 is 0 Å². The minimum atomic E-state index is -1.83. The predicted octanol–water partition coefficient (Wildman–Crippen LogP) is 6.29. The minimum absolute atomic E-state index is 0.204. The minimum Gasteiger partial charge on any atom is -0.507 e. The molecule has 0 aliphatic carbocycles. The Labute approximate surface area is 199 Å². The van der Waals surface area contributed by atoms with Gasteiger partial charge in [-0.2, -0.15) is 10.5 Å². The molecule has 5 nitrogen and oxygen atoms in total. The highest BCUT2D eigenvalue weighted by molar-refractivity contribution is 9.10. The second-order valence-electron chi connectivity index (χ2n) is 9.96. The maximum Gasteiger partial charge on any atom is 0.254 e. The van der Waals surface area contributed by atoms with Crippen LogP contribution in [0.2, 0.25) is 0 Å². The Morgan fingerprint density at radius 1 is 0.906 bits per heavy atom. The van der Waals surface area contributed by atoms with Gasteiger partial charge in [-0.15, -0.1) is 0 Å². The average Bonchev–Trinajstić information content (AvgIpc) is 2.71. The first-order valence-corrected chi connectivity index (χ1v) is 11.2. The predicted molar refractivity (Wildman–Crippen MR) is 128 cm³/mol. The Bertz CT molecular complexity index is 986. The van der Waals surface area contributed by atoms with E-state index in [0.717, 1.165) is 26.7 Å². The van der Waals surface area contributed by atoms with Gasteiger partial charge in [-0.3, -0.25) is 0 Å². The summed E-state index contributed by atoms with van der Waals surface area (Å²) in [5, 5.41) is 31.4. The highest BCUT2D eigenvalue weighted by atomic mass is 79.9. The monoisotopic (exact) mass is 498 g/mol. The molecule has 0 spiro atoms. The van der Waals surface area contributed by atoms with Crippen molar-refractivity contribution >= 4 is 15.9 Å². The largest absolute Gasteiger partial charge is 0.507 e. The van der Waals surface area contributed by atoms with Crippen LogP contribution >= 0.6 is 15.9 Å². The zero-order valence-electron chi connectivity index (χ0n) is 19.8. The molecule has 0 aromatic heterocycles. The Morgan fingerprint density at radius 2 is 1.38 bits per heavy atom. The first-order valence-electron chi connectivity index (χ1n) is 10.4. The normalized spacial score (nSPS) is 13.3. The number of phenols is 1. The zero-order valence-corrected chi connectivity index (χ0v) is 21.4. The zero-order chi connectivity index (χ0) is 24.3. The van der Waals surface area contributed by atoms with Crippen LogP contribution in [0.15, 0.2) is 40.9 Å². The first kappa shape index (κ1) is 25.9. The molecule has 0 radical (unpaired) electrons. The molecule has 1 atom stereocenters. The Kier molecular flexibility index (Phi) is 7.79. The lowest BCUT2D eigenvalue weighted by atomic mass is 9.73. The average molecular weight is 499 g/mol. The molecule has 0 fully saturated rings. The summed E-state index contributed by atoms with van der Waals surface area (Å²) in [7, 11) is 1.45. The van der Waals surface area contributed by atoms with Crippen LogP contribution in [-0.4, -0.2) is 24.6 Å². The van der Waals surface area contributed by atoms with E-state index >= 15 is 0 Å². The highest BCUT2D eigenvalue weighted by Gasteiger charge is 2.44. The fourth-order valence-corrected chi connectivity index (χ4v) is 4.00. The quantitative estimate of drug-likeness (QED) is 0.472. The molecule has 2 aromatic rings. The molecule has 2 aromatic carbocycles. The summed E-state index contributed by atoms with van der Waals surface area (Å²) in [5.74, 6) is -0.496. The third-order valence-corrected chi connectivity index (χ3v) is 5.96. The summed E-state index contributed by atoms with van der Waals surface area (Å²) in [6.45, 7) is 11.9. The Balaban J connectivity index is 2.95.